The van der Waals surface area contributed by atoms with Gasteiger partial charge in [-0.1, -0.05) is 85.3 Å². The summed E-state index contributed by atoms with van der Waals surface area (Å²) in [4.78, 5) is 28.8. The van der Waals surface area contributed by atoms with Crippen LogP contribution < -0.4 is 10.1 Å². The fourth-order valence-corrected chi connectivity index (χ4v) is 3.96. The van der Waals surface area contributed by atoms with Gasteiger partial charge in [0, 0.05) is 25.4 Å². The first-order valence-electron chi connectivity index (χ1n) is 12.8. The van der Waals surface area contributed by atoms with Crippen molar-refractivity contribution >= 4 is 11.8 Å². The van der Waals surface area contributed by atoms with Crippen LogP contribution in [0, 0.1) is 6.92 Å². The largest absolute Gasteiger partial charge is 0.494 e. The Balaban J connectivity index is 1.80. The molecule has 190 valence electrons. The first kappa shape index (κ1) is 27.0. The Labute approximate surface area is 215 Å². The third-order valence-corrected chi connectivity index (χ3v) is 6.29. The lowest BCUT2D eigenvalue weighted by Crippen LogP contribution is -2.52. The summed E-state index contributed by atoms with van der Waals surface area (Å²) in [6, 6.07) is 27.1. The van der Waals surface area contributed by atoms with Gasteiger partial charge >= 0.3 is 0 Å². The second-order valence-electron chi connectivity index (χ2n) is 9.30. The van der Waals surface area contributed by atoms with Gasteiger partial charge in [-0.3, -0.25) is 9.59 Å². The molecule has 0 heterocycles. The Morgan fingerprint density at radius 2 is 1.53 bits per heavy atom. The summed E-state index contributed by atoms with van der Waals surface area (Å²) in [6.07, 6.45) is 2.16. The Bertz CT molecular complexity index is 1070. The number of hydrogen-bond donors (Lipinski definition) is 1. The lowest BCUT2D eigenvalue weighted by molar-refractivity contribution is -0.141. The van der Waals surface area contributed by atoms with E-state index in [9.17, 15) is 9.59 Å². The maximum Gasteiger partial charge on any atom is 0.243 e. The van der Waals surface area contributed by atoms with Gasteiger partial charge in [-0.2, -0.15) is 0 Å². The van der Waals surface area contributed by atoms with Crippen molar-refractivity contribution in [3.05, 3.63) is 102 Å². The van der Waals surface area contributed by atoms with Crippen molar-refractivity contribution in [1.29, 1.82) is 0 Å². The zero-order chi connectivity index (χ0) is 25.8. The molecule has 0 radical (unpaired) electrons. The molecule has 0 bridgehead atoms. The molecule has 0 unspecified atom stereocenters. The van der Waals surface area contributed by atoms with Crippen molar-refractivity contribution in [2.75, 3.05) is 6.61 Å². The van der Waals surface area contributed by atoms with Crippen LogP contribution in [0.15, 0.2) is 84.9 Å². The standard InChI is InChI=1S/C31H38N2O3/c1-4-25(3)32-31(35)29(22-26-12-7-5-8-13-26)33(23-27-19-17-24(2)18-20-27)30(34)16-11-21-36-28-14-9-6-10-15-28/h5-10,12-15,17-20,25,29H,4,11,16,21-23H2,1-3H3,(H,32,35)/t25-,29-/m1/s1. The molecule has 2 atom stereocenters. The summed E-state index contributed by atoms with van der Waals surface area (Å²) in [6.45, 7) is 6.89. The quantitative estimate of drug-likeness (QED) is 0.315. The molecule has 36 heavy (non-hydrogen) atoms. The number of amides is 2. The van der Waals surface area contributed by atoms with Crippen LogP contribution in [0.3, 0.4) is 0 Å². The second-order valence-corrected chi connectivity index (χ2v) is 9.30. The topological polar surface area (TPSA) is 58.6 Å². The fraction of sp³-hybridized carbons (Fsp3) is 0.355. The van der Waals surface area contributed by atoms with Gasteiger partial charge in [0.25, 0.3) is 0 Å². The predicted octanol–water partition coefficient (Wildman–Crippen LogP) is 5.71. The normalized spacial score (nSPS) is 12.4. The summed E-state index contributed by atoms with van der Waals surface area (Å²) in [7, 11) is 0. The smallest absolute Gasteiger partial charge is 0.243 e. The molecule has 0 aliphatic carbocycles. The Morgan fingerprint density at radius 3 is 2.17 bits per heavy atom. The van der Waals surface area contributed by atoms with Crippen LogP contribution >= 0.6 is 0 Å². The van der Waals surface area contributed by atoms with Crippen LogP contribution in [-0.4, -0.2) is 35.4 Å². The Hall–Kier alpha value is -3.60. The number of rotatable bonds is 13. The zero-order valence-corrected chi connectivity index (χ0v) is 21.7. The van der Waals surface area contributed by atoms with E-state index in [0.717, 1.165) is 28.9 Å². The van der Waals surface area contributed by atoms with E-state index in [-0.39, 0.29) is 17.9 Å². The molecule has 1 N–H and O–H groups in total. The highest BCUT2D eigenvalue weighted by Crippen LogP contribution is 2.18. The molecule has 0 saturated heterocycles. The average molecular weight is 487 g/mol. The van der Waals surface area contributed by atoms with Gasteiger partial charge in [-0.05, 0) is 49.9 Å². The van der Waals surface area contributed by atoms with Gasteiger partial charge in [0.15, 0.2) is 0 Å². The van der Waals surface area contributed by atoms with Crippen molar-refractivity contribution in [2.45, 2.75) is 65.1 Å². The van der Waals surface area contributed by atoms with E-state index in [4.69, 9.17) is 4.74 Å². The summed E-state index contributed by atoms with van der Waals surface area (Å²) >= 11 is 0. The molecule has 0 aromatic heterocycles. The van der Waals surface area contributed by atoms with Gasteiger partial charge < -0.3 is 15.0 Å². The number of hydrogen-bond acceptors (Lipinski definition) is 3. The number of carbonyl (C=O) groups excluding carboxylic acids is 2. The summed E-state index contributed by atoms with van der Waals surface area (Å²) in [5.74, 6) is 0.623. The Kier molecular flexibility index (Phi) is 10.6. The number of ether oxygens (including phenoxy) is 1. The van der Waals surface area contributed by atoms with Crippen LogP contribution in [-0.2, 0) is 22.6 Å². The summed E-state index contributed by atoms with van der Waals surface area (Å²) in [5.41, 5.74) is 3.19. The van der Waals surface area contributed by atoms with Crippen LogP contribution in [0.2, 0.25) is 0 Å². The van der Waals surface area contributed by atoms with Gasteiger partial charge in [0.2, 0.25) is 11.8 Å². The van der Waals surface area contributed by atoms with Crippen LogP contribution in [0.5, 0.6) is 5.75 Å². The van der Waals surface area contributed by atoms with E-state index in [2.05, 4.69) is 5.32 Å². The van der Waals surface area contributed by atoms with E-state index in [1.165, 1.54) is 0 Å². The maximum absolute atomic E-state index is 13.6. The molecule has 3 rings (SSSR count). The third-order valence-electron chi connectivity index (χ3n) is 6.29. The number of nitrogens with zero attached hydrogens (tertiary/aromatic N) is 1. The zero-order valence-electron chi connectivity index (χ0n) is 21.7. The highest BCUT2D eigenvalue weighted by Gasteiger charge is 2.30. The molecular formula is C31H38N2O3. The van der Waals surface area contributed by atoms with Gasteiger partial charge in [0.1, 0.15) is 11.8 Å². The minimum absolute atomic E-state index is 0.0337. The van der Waals surface area contributed by atoms with Crippen molar-refractivity contribution in [3.8, 4) is 5.75 Å². The molecule has 3 aromatic carbocycles. The molecule has 0 aliphatic heterocycles. The average Bonchev–Trinajstić information content (AvgIpc) is 2.90. The van der Waals surface area contributed by atoms with Gasteiger partial charge in [-0.25, -0.2) is 0 Å². The number of nitrogens with one attached hydrogen (secondary N) is 1. The molecular weight excluding hydrogens is 448 g/mol. The SMILES string of the molecule is CC[C@@H](C)NC(=O)[C@@H](Cc1ccccc1)N(Cc1ccc(C)cc1)C(=O)CCCOc1ccccc1. The van der Waals surface area contributed by atoms with Gasteiger partial charge in [-0.15, -0.1) is 0 Å². The summed E-state index contributed by atoms with van der Waals surface area (Å²) < 4.78 is 5.79. The highest BCUT2D eigenvalue weighted by molar-refractivity contribution is 5.88. The fourth-order valence-electron chi connectivity index (χ4n) is 3.96. The predicted molar refractivity (Wildman–Crippen MR) is 145 cm³/mol. The maximum atomic E-state index is 13.6. The highest BCUT2D eigenvalue weighted by atomic mass is 16.5. The van der Waals surface area contributed by atoms with Crippen molar-refractivity contribution in [1.82, 2.24) is 10.2 Å². The number of carbonyl (C=O) groups is 2. The first-order chi connectivity index (χ1) is 17.5. The van der Waals surface area contributed by atoms with E-state index < -0.39 is 6.04 Å². The molecule has 2 amide bonds. The molecule has 3 aromatic rings. The number of aryl methyl sites for hydroxylation is 1. The lowest BCUT2D eigenvalue weighted by Gasteiger charge is -2.32. The van der Waals surface area contributed by atoms with E-state index in [1.807, 2.05) is 106 Å². The van der Waals surface area contributed by atoms with E-state index >= 15 is 0 Å². The minimum atomic E-state index is -0.606. The van der Waals surface area contributed by atoms with Crippen LogP contribution in [0.25, 0.3) is 0 Å². The molecule has 0 fully saturated rings. The Morgan fingerprint density at radius 1 is 0.889 bits per heavy atom. The first-order valence-corrected chi connectivity index (χ1v) is 12.8. The van der Waals surface area contributed by atoms with E-state index in [0.29, 0.717) is 32.4 Å². The molecule has 5 nitrogen and oxygen atoms in total. The van der Waals surface area contributed by atoms with E-state index in [1.54, 1.807) is 4.90 Å². The lowest BCUT2D eigenvalue weighted by atomic mass is 10.0. The molecule has 5 heteroatoms. The molecule has 0 saturated carbocycles. The minimum Gasteiger partial charge on any atom is -0.494 e. The van der Waals surface area contributed by atoms with Crippen LogP contribution in [0.4, 0.5) is 0 Å². The van der Waals surface area contributed by atoms with Crippen molar-refractivity contribution in [2.24, 2.45) is 0 Å². The molecule has 0 spiro atoms. The van der Waals surface area contributed by atoms with Gasteiger partial charge in [0.05, 0.1) is 6.61 Å². The third kappa shape index (κ3) is 8.56. The molecule has 0 aliphatic rings. The van der Waals surface area contributed by atoms with Crippen molar-refractivity contribution in [3.63, 3.8) is 0 Å². The monoisotopic (exact) mass is 486 g/mol. The van der Waals surface area contributed by atoms with Crippen molar-refractivity contribution < 1.29 is 14.3 Å². The van der Waals surface area contributed by atoms with Crippen LogP contribution in [0.1, 0.15) is 49.8 Å². The number of benzene rings is 3. The summed E-state index contributed by atoms with van der Waals surface area (Å²) in [5, 5.41) is 3.11. The number of para-hydroxylation sites is 1. The second kappa shape index (κ2) is 14.1.